The molecule has 0 rings (SSSR count). The molecule has 0 spiro atoms. The summed E-state index contributed by atoms with van der Waals surface area (Å²) in [6, 6.07) is 0. The minimum absolute atomic E-state index is 1.48. The minimum Gasteiger partial charge on any atom is -0.191 e. The summed E-state index contributed by atoms with van der Waals surface area (Å²) in [5.74, 6) is 0. The maximum Gasteiger partial charge on any atom is 0.439 e. The summed E-state index contributed by atoms with van der Waals surface area (Å²) in [5.41, 5.74) is 0. The molecule has 0 aliphatic carbocycles. The molecule has 0 unspecified atom stereocenters. The van der Waals surface area contributed by atoms with E-state index in [0.29, 0.717) is 0 Å². The van der Waals surface area contributed by atoms with Gasteiger partial charge in [-0.15, -0.1) is 0 Å². The smallest absolute Gasteiger partial charge is 0.191 e. The van der Waals surface area contributed by atoms with E-state index in [1.54, 1.807) is 0 Å². The van der Waals surface area contributed by atoms with Gasteiger partial charge in [-0.25, -0.2) is 0 Å². The van der Waals surface area contributed by atoms with Gasteiger partial charge in [0, 0.05) is 0 Å². The van der Waals surface area contributed by atoms with E-state index < -0.39 is 12.5 Å². The molecule has 0 saturated heterocycles. The van der Waals surface area contributed by atoms with E-state index in [1.165, 1.54) is 0 Å². The van der Waals surface area contributed by atoms with Crippen molar-refractivity contribution in [1.82, 2.24) is 0 Å². The van der Waals surface area contributed by atoms with Crippen molar-refractivity contribution in [3.8, 4) is 0 Å². The van der Waals surface area contributed by atoms with Gasteiger partial charge in [0.05, 0.1) is 0 Å². The third-order valence-electron chi connectivity index (χ3n) is 0.262. The van der Waals surface area contributed by atoms with Gasteiger partial charge in [-0.05, 0) is 0 Å². The largest absolute Gasteiger partial charge is 0.439 e. The molecule has 0 aromatic heterocycles. The molecule has 3 nitrogen and oxygen atoms in total. The first kappa shape index (κ1) is 7.89. The molecular formula is CH4Cl2O3P+. The van der Waals surface area contributed by atoms with Gasteiger partial charge in [0.1, 0.15) is 0 Å². The van der Waals surface area contributed by atoms with Gasteiger partial charge in [0.2, 0.25) is 0 Å². The molecule has 0 aromatic carbocycles. The number of alkyl halides is 2. The number of halogens is 2. The lowest BCUT2D eigenvalue weighted by Gasteiger charge is -2.00. The van der Waals surface area contributed by atoms with E-state index in [-0.39, 0.29) is 0 Å². The van der Waals surface area contributed by atoms with Crippen LogP contribution in [0.1, 0.15) is 0 Å². The zero-order valence-corrected chi connectivity index (χ0v) is 5.53. The molecule has 0 bridgehead atoms. The fourth-order valence-corrected chi connectivity index (χ4v) is 0. The first-order chi connectivity index (χ1) is 2.94. The van der Waals surface area contributed by atoms with Crippen LogP contribution in [0.5, 0.6) is 0 Å². The van der Waals surface area contributed by atoms with Crippen molar-refractivity contribution in [2.24, 2.45) is 0 Å². The highest BCUT2D eigenvalue weighted by molar-refractivity contribution is 7.63. The quantitative estimate of drug-likeness (QED) is 0.392. The third-order valence-corrected chi connectivity index (χ3v) is 2.36. The molecule has 6 heteroatoms. The summed E-state index contributed by atoms with van der Waals surface area (Å²) in [5, 5.41) is 0. The van der Waals surface area contributed by atoms with E-state index in [9.17, 15) is 0 Å². The molecular weight excluding hydrogens is 162 g/mol. The highest BCUT2D eigenvalue weighted by Crippen LogP contribution is 2.53. The predicted octanol–water partition coefficient (Wildman–Crippen LogP) is 0.487. The van der Waals surface area contributed by atoms with E-state index in [1.807, 2.05) is 0 Å². The van der Waals surface area contributed by atoms with Crippen LogP contribution in [0.3, 0.4) is 0 Å². The fraction of sp³-hybridized carbons (Fsp3) is 1.00. The van der Waals surface area contributed by atoms with Crippen molar-refractivity contribution in [3.05, 3.63) is 0 Å². The van der Waals surface area contributed by atoms with Crippen molar-refractivity contribution in [3.63, 3.8) is 0 Å². The average molecular weight is 166 g/mol. The zero-order chi connectivity index (χ0) is 6.08. The highest BCUT2D eigenvalue weighted by Gasteiger charge is 2.39. The molecule has 0 amide bonds. The summed E-state index contributed by atoms with van der Waals surface area (Å²) < 4.78 is -1.48. The van der Waals surface area contributed by atoms with E-state index in [4.69, 9.17) is 37.9 Å². The second-order valence-corrected chi connectivity index (χ2v) is 4.34. The van der Waals surface area contributed by atoms with Crippen molar-refractivity contribution >= 4 is 31.1 Å². The summed E-state index contributed by atoms with van der Waals surface area (Å²) in [6.45, 7) is 0. The fourth-order valence-electron chi connectivity index (χ4n) is 0. The number of rotatable bonds is 1. The van der Waals surface area contributed by atoms with E-state index >= 15 is 0 Å². The monoisotopic (exact) mass is 165 g/mol. The summed E-state index contributed by atoms with van der Waals surface area (Å²) >= 11 is 9.64. The van der Waals surface area contributed by atoms with E-state index in [2.05, 4.69) is 0 Å². The molecule has 0 radical (unpaired) electrons. The molecule has 3 N–H and O–H groups in total. The maximum absolute atomic E-state index is 8.05. The van der Waals surface area contributed by atoms with Crippen LogP contribution in [-0.4, -0.2) is 19.3 Å². The molecule has 0 atom stereocenters. The van der Waals surface area contributed by atoms with Crippen molar-refractivity contribution in [2.75, 3.05) is 0 Å². The molecule has 0 aliphatic heterocycles. The molecule has 0 heterocycles. The van der Waals surface area contributed by atoms with Crippen LogP contribution in [0.15, 0.2) is 0 Å². The Kier molecular flexibility index (Phi) is 2.75. The van der Waals surface area contributed by atoms with Crippen LogP contribution < -0.4 is 0 Å². The maximum atomic E-state index is 8.05. The zero-order valence-electron chi connectivity index (χ0n) is 3.12. The van der Waals surface area contributed by atoms with Gasteiger partial charge in [0.15, 0.2) is 0 Å². The second kappa shape index (κ2) is 2.44. The first-order valence-corrected chi connectivity index (χ1v) is 3.88. The normalized spacial score (nSPS) is 12.9. The van der Waals surface area contributed by atoms with Crippen LogP contribution >= 0.6 is 31.1 Å². The Bertz CT molecular complexity index is 58.4. The third kappa shape index (κ3) is 3.47. The van der Waals surface area contributed by atoms with Crippen molar-refractivity contribution < 1.29 is 14.7 Å². The standard InChI is InChI=1S/CH4Cl2O3P/c2-1(3)7(4,5)6/h1,4-6H/q+1. The van der Waals surface area contributed by atoms with Gasteiger partial charge in [-0.3, -0.25) is 0 Å². The van der Waals surface area contributed by atoms with Crippen molar-refractivity contribution in [2.45, 2.75) is 4.58 Å². The van der Waals surface area contributed by atoms with Crippen LogP contribution in [0, 0.1) is 0 Å². The Labute approximate surface area is 51.1 Å². The summed E-state index contributed by atoms with van der Waals surface area (Å²) in [6.07, 6.45) is 0. The van der Waals surface area contributed by atoms with Crippen molar-refractivity contribution in [1.29, 1.82) is 0 Å². The van der Waals surface area contributed by atoms with Crippen LogP contribution in [0.25, 0.3) is 0 Å². The molecule has 7 heavy (non-hydrogen) atoms. The number of hydrogen-bond acceptors (Lipinski definition) is 3. The van der Waals surface area contributed by atoms with Gasteiger partial charge in [-0.2, -0.15) is 14.7 Å². The summed E-state index contributed by atoms with van der Waals surface area (Å²) in [7, 11) is -3.96. The lowest BCUT2D eigenvalue weighted by molar-refractivity contribution is 0.334. The second-order valence-electron chi connectivity index (χ2n) is 0.892. The molecule has 0 fully saturated rings. The van der Waals surface area contributed by atoms with Crippen LogP contribution in [-0.2, 0) is 0 Å². The number of hydrogen-bond donors (Lipinski definition) is 3. The van der Waals surface area contributed by atoms with Gasteiger partial charge < -0.3 is 0 Å². The van der Waals surface area contributed by atoms with Gasteiger partial charge in [0.25, 0.3) is 4.58 Å². The highest BCUT2D eigenvalue weighted by atomic mass is 35.5. The van der Waals surface area contributed by atoms with E-state index in [0.717, 1.165) is 0 Å². The van der Waals surface area contributed by atoms with Crippen LogP contribution in [0.4, 0.5) is 0 Å². The SMILES string of the molecule is O[P+](O)(O)C(Cl)Cl. The molecule has 0 aliphatic rings. The minimum atomic E-state index is -3.96. The first-order valence-electron chi connectivity index (χ1n) is 1.29. The Morgan fingerprint density at radius 2 is 1.29 bits per heavy atom. The van der Waals surface area contributed by atoms with Gasteiger partial charge >= 0.3 is 7.94 Å². The average Bonchev–Trinajstić information content (AvgIpc) is 1.31. The topological polar surface area (TPSA) is 60.7 Å². The molecule has 0 aromatic rings. The Morgan fingerprint density at radius 1 is 1.14 bits per heavy atom. The predicted molar refractivity (Wildman–Crippen MR) is 29.1 cm³/mol. The molecule has 44 valence electrons. The van der Waals surface area contributed by atoms with Gasteiger partial charge in [-0.1, -0.05) is 23.2 Å². The van der Waals surface area contributed by atoms with Crippen LogP contribution in [0.2, 0.25) is 0 Å². The lowest BCUT2D eigenvalue weighted by atomic mass is 11.9. The Morgan fingerprint density at radius 3 is 1.29 bits per heavy atom. The Hall–Kier alpha value is 0.890. The Balaban J connectivity index is 3.54. The summed E-state index contributed by atoms with van der Waals surface area (Å²) in [4.78, 5) is 24.2. The lowest BCUT2D eigenvalue weighted by Crippen LogP contribution is -1.95. The molecule has 0 saturated carbocycles.